The molecule has 0 atom stereocenters. The van der Waals surface area contributed by atoms with Gasteiger partial charge in [-0.25, -0.2) is 0 Å². The van der Waals surface area contributed by atoms with Crippen LogP contribution in [0, 0.1) is 6.92 Å². The molecule has 0 fully saturated rings. The summed E-state index contributed by atoms with van der Waals surface area (Å²) in [7, 11) is 0. The maximum atomic E-state index is 11.8. The molecule has 104 valence electrons. The largest absolute Gasteiger partial charge is 0.506 e. The van der Waals surface area contributed by atoms with Crippen LogP contribution in [0.25, 0.3) is 0 Å². The zero-order chi connectivity index (χ0) is 14.4. The minimum absolute atomic E-state index is 0.0707. The number of para-hydroxylation sites is 2. The van der Waals surface area contributed by atoms with Gasteiger partial charge in [-0.1, -0.05) is 42.0 Å². The van der Waals surface area contributed by atoms with E-state index in [1.165, 1.54) is 11.1 Å². The van der Waals surface area contributed by atoms with Crippen molar-refractivity contribution in [1.82, 2.24) is 0 Å². The summed E-state index contributed by atoms with van der Waals surface area (Å²) in [5.74, 6) is 0.0259. The van der Waals surface area contributed by atoms with Gasteiger partial charge < -0.3 is 10.4 Å². The second kappa shape index (κ2) is 6.75. The van der Waals surface area contributed by atoms with Gasteiger partial charge in [-0.2, -0.15) is 0 Å². The third-order valence-electron chi connectivity index (χ3n) is 3.17. The van der Waals surface area contributed by atoms with Gasteiger partial charge in [-0.05, 0) is 37.5 Å². The molecule has 0 spiro atoms. The molecule has 0 bridgehead atoms. The number of carbonyl (C=O) groups is 1. The Hall–Kier alpha value is -2.29. The molecule has 0 heterocycles. The molecule has 0 saturated heterocycles. The summed E-state index contributed by atoms with van der Waals surface area (Å²) in [6.07, 6.45) is 2.12. The number of aromatic hydroxyl groups is 1. The third kappa shape index (κ3) is 4.12. The lowest BCUT2D eigenvalue weighted by molar-refractivity contribution is -0.116. The summed E-state index contributed by atoms with van der Waals surface area (Å²) in [5.41, 5.74) is 2.95. The van der Waals surface area contributed by atoms with Crippen LogP contribution >= 0.6 is 0 Å². The second-order valence-electron chi connectivity index (χ2n) is 4.90. The minimum atomic E-state index is -0.0707. The molecule has 0 aliphatic heterocycles. The molecule has 2 N–H and O–H groups in total. The Morgan fingerprint density at radius 3 is 2.50 bits per heavy atom. The molecule has 0 aliphatic rings. The van der Waals surface area contributed by atoms with E-state index < -0.39 is 0 Å². The predicted octanol–water partition coefficient (Wildman–Crippen LogP) is 3.66. The fraction of sp³-hybridized carbons (Fsp3) is 0.235. The lowest BCUT2D eigenvalue weighted by atomic mass is 10.1. The Labute approximate surface area is 119 Å². The highest BCUT2D eigenvalue weighted by atomic mass is 16.3. The van der Waals surface area contributed by atoms with E-state index >= 15 is 0 Å². The van der Waals surface area contributed by atoms with Crippen molar-refractivity contribution in [1.29, 1.82) is 0 Å². The van der Waals surface area contributed by atoms with Crippen LogP contribution in [-0.2, 0) is 11.2 Å². The van der Waals surface area contributed by atoms with Gasteiger partial charge in [0.25, 0.3) is 0 Å². The van der Waals surface area contributed by atoms with Crippen LogP contribution in [0.2, 0.25) is 0 Å². The number of amides is 1. The molecule has 0 aliphatic carbocycles. The number of aryl methyl sites for hydroxylation is 2. The van der Waals surface area contributed by atoms with Gasteiger partial charge >= 0.3 is 0 Å². The van der Waals surface area contributed by atoms with Crippen molar-refractivity contribution in [3.63, 3.8) is 0 Å². The summed E-state index contributed by atoms with van der Waals surface area (Å²) < 4.78 is 0. The Morgan fingerprint density at radius 1 is 1.10 bits per heavy atom. The molecule has 20 heavy (non-hydrogen) atoms. The number of carbonyl (C=O) groups excluding carboxylic acids is 1. The van der Waals surface area contributed by atoms with E-state index in [1.54, 1.807) is 24.3 Å². The monoisotopic (exact) mass is 269 g/mol. The Balaban J connectivity index is 1.78. The van der Waals surface area contributed by atoms with Gasteiger partial charge in [0.15, 0.2) is 0 Å². The van der Waals surface area contributed by atoms with Gasteiger partial charge in [-0.15, -0.1) is 0 Å². The SMILES string of the molecule is Cc1ccc(CCCC(=O)Nc2ccccc2O)cc1. The molecule has 2 aromatic carbocycles. The fourth-order valence-corrected chi connectivity index (χ4v) is 2.00. The van der Waals surface area contributed by atoms with Gasteiger partial charge in [0, 0.05) is 6.42 Å². The summed E-state index contributed by atoms with van der Waals surface area (Å²) in [6.45, 7) is 2.06. The number of phenols is 1. The Kier molecular flexibility index (Phi) is 4.77. The predicted molar refractivity (Wildman–Crippen MR) is 80.9 cm³/mol. The molecule has 3 nitrogen and oxygen atoms in total. The van der Waals surface area contributed by atoms with Gasteiger partial charge in [0.2, 0.25) is 5.91 Å². The van der Waals surface area contributed by atoms with Gasteiger partial charge in [0.1, 0.15) is 5.75 Å². The van der Waals surface area contributed by atoms with E-state index in [4.69, 9.17) is 0 Å². The minimum Gasteiger partial charge on any atom is -0.506 e. The highest BCUT2D eigenvalue weighted by Gasteiger charge is 2.05. The van der Waals surface area contributed by atoms with E-state index in [-0.39, 0.29) is 11.7 Å². The first-order chi connectivity index (χ1) is 9.65. The molecule has 0 saturated carbocycles. The summed E-state index contributed by atoms with van der Waals surface area (Å²) in [5, 5.41) is 12.3. The maximum absolute atomic E-state index is 11.8. The smallest absolute Gasteiger partial charge is 0.224 e. The molecule has 0 unspecified atom stereocenters. The molecular weight excluding hydrogens is 250 g/mol. The number of rotatable bonds is 5. The number of hydrogen-bond acceptors (Lipinski definition) is 2. The molecular formula is C17H19NO2. The molecule has 2 rings (SSSR count). The lowest BCUT2D eigenvalue weighted by Crippen LogP contribution is -2.11. The average Bonchev–Trinajstić information content (AvgIpc) is 2.44. The van der Waals surface area contributed by atoms with Crippen LogP contribution in [0.15, 0.2) is 48.5 Å². The topological polar surface area (TPSA) is 49.3 Å². The lowest BCUT2D eigenvalue weighted by Gasteiger charge is -2.07. The van der Waals surface area contributed by atoms with Gasteiger partial charge in [0.05, 0.1) is 5.69 Å². The van der Waals surface area contributed by atoms with Crippen LogP contribution in [0.3, 0.4) is 0 Å². The van der Waals surface area contributed by atoms with Crippen LogP contribution in [0.1, 0.15) is 24.0 Å². The normalized spacial score (nSPS) is 10.2. The second-order valence-corrected chi connectivity index (χ2v) is 4.90. The highest BCUT2D eigenvalue weighted by Crippen LogP contribution is 2.21. The standard InChI is InChI=1S/C17H19NO2/c1-13-9-11-14(12-10-13)5-4-8-17(20)18-15-6-2-3-7-16(15)19/h2-3,6-7,9-12,19H,4-5,8H2,1H3,(H,18,20). The van der Waals surface area contributed by atoms with Crippen molar-refractivity contribution in [2.24, 2.45) is 0 Å². The van der Waals surface area contributed by atoms with E-state index in [9.17, 15) is 9.90 Å². The first kappa shape index (κ1) is 14.1. The van der Waals surface area contributed by atoms with E-state index in [0.29, 0.717) is 12.1 Å². The fourth-order valence-electron chi connectivity index (χ4n) is 2.00. The molecule has 3 heteroatoms. The van der Waals surface area contributed by atoms with Crippen LogP contribution in [-0.4, -0.2) is 11.0 Å². The molecule has 0 aromatic heterocycles. The van der Waals surface area contributed by atoms with Gasteiger partial charge in [-0.3, -0.25) is 4.79 Å². The molecule has 2 aromatic rings. The van der Waals surface area contributed by atoms with Crippen molar-refractivity contribution in [2.45, 2.75) is 26.2 Å². The summed E-state index contributed by atoms with van der Waals surface area (Å²) in [6, 6.07) is 15.1. The Bertz CT molecular complexity index is 576. The first-order valence-corrected chi connectivity index (χ1v) is 6.78. The number of benzene rings is 2. The average molecular weight is 269 g/mol. The molecule has 0 radical (unpaired) electrons. The van der Waals surface area contributed by atoms with Crippen molar-refractivity contribution < 1.29 is 9.90 Å². The Morgan fingerprint density at radius 2 is 1.80 bits per heavy atom. The third-order valence-corrected chi connectivity index (χ3v) is 3.17. The van der Waals surface area contributed by atoms with Crippen LogP contribution in [0.5, 0.6) is 5.75 Å². The molecule has 1 amide bonds. The van der Waals surface area contributed by atoms with Crippen molar-refractivity contribution >= 4 is 11.6 Å². The van der Waals surface area contributed by atoms with Crippen molar-refractivity contribution in [2.75, 3.05) is 5.32 Å². The van der Waals surface area contributed by atoms with Crippen LogP contribution in [0.4, 0.5) is 5.69 Å². The number of hydrogen-bond donors (Lipinski definition) is 2. The number of anilines is 1. The summed E-state index contributed by atoms with van der Waals surface area (Å²) in [4.78, 5) is 11.8. The number of nitrogens with one attached hydrogen (secondary N) is 1. The maximum Gasteiger partial charge on any atom is 0.224 e. The summed E-state index contributed by atoms with van der Waals surface area (Å²) >= 11 is 0. The van der Waals surface area contributed by atoms with E-state index in [1.807, 2.05) is 0 Å². The van der Waals surface area contributed by atoms with Crippen molar-refractivity contribution in [3.8, 4) is 5.75 Å². The van der Waals surface area contributed by atoms with Crippen molar-refractivity contribution in [3.05, 3.63) is 59.7 Å². The highest BCUT2D eigenvalue weighted by molar-refractivity contribution is 5.92. The van der Waals surface area contributed by atoms with E-state index in [2.05, 4.69) is 36.5 Å². The van der Waals surface area contributed by atoms with E-state index in [0.717, 1.165) is 12.8 Å². The zero-order valence-corrected chi connectivity index (χ0v) is 11.6. The zero-order valence-electron chi connectivity index (χ0n) is 11.6. The number of phenolic OH excluding ortho intramolecular Hbond substituents is 1. The first-order valence-electron chi connectivity index (χ1n) is 6.78. The quantitative estimate of drug-likeness (QED) is 0.814. The van der Waals surface area contributed by atoms with Crippen LogP contribution < -0.4 is 5.32 Å².